The van der Waals surface area contributed by atoms with Crippen molar-refractivity contribution in [2.24, 2.45) is 7.05 Å². The number of nitrogens with zero attached hydrogens (tertiary/aromatic N) is 1. The third-order valence-corrected chi connectivity index (χ3v) is 5.67. The SMILES string of the molecule is CCc1c(/C=C(\C)C2=C(c3cc(C(C)C)c(O)cc3O)NNC2S)ccn1C. The number of nitrogens with one attached hydrogen (secondary N) is 2. The molecule has 1 atom stereocenters. The molecule has 1 aliphatic heterocycles. The molecule has 3 rings (SSSR count). The number of phenols is 2. The van der Waals surface area contributed by atoms with E-state index in [9.17, 15) is 10.2 Å². The lowest BCUT2D eigenvalue weighted by Gasteiger charge is -2.15. The Hall–Kier alpha value is -2.31. The highest BCUT2D eigenvalue weighted by atomic mass is 32.1. The molecule has 0 amide bonds. The molecule has 28 heavy (non-hydrogen) atoms. The zero-order valence-electron chi connectivity index (χ0n) is 17.0. The van der Waals surface area contributed by atoms with Crippen LogP contribution in [-0.2, 0) is 13.5 Å². The number of aryl methyl sites for hydroxylation is 1. The van der Waals surface area contributed by atoms with Crippen LogP contribution in [0.4, 0.5) is 0 Å². The minimum Gasteiger partial charge on any atom is -0.508 e. The molecule has 0 radical (unpaired) electrons. The Morgan fingerprint density at radius 1 is 1.29 bits per heavy atom. The van der Waals surface area contributed by atoms with Gasteiger partial charge in [0, 0.05) is 36.1 Å². The predicted octanol–water partition coefficient (Wildman–Crippen LogP) is 4.30. The van der Waals surface area contributed by atoms with Gasteiger partial charge in [-0.1, -0.05) is 20.8 Å². The van der Waals surface area contributed by atoms with Crippen LogP contribution in [0.3, 0.4) is 0 Å². The van der Waals surface area contributed by atoms with Crippen LogP contribution in [0.25, 0.3) is 11.8 Å². The van der Waals surface area contributed by atoms with E-state index in [0.717, 1.165) is 28.8 Å². The third kappa shape index (κ3) is 3.66. The van der Waals surface area contributed by atoms with E-state index in [4.69, 9.17) is 0 Å². The van der Waals surface area contributed by atoms with Gasteiger partial charge in [0.1, 0.15) is 11.5 Å². The Balaban J connectivity index is 2.14. The molecule has 1 aromatic heterocycles. The molecule has 0 spiro atoms. The summed E-state index contributed by atoms with van der Waals surface area (Å²) in [6.45, 7) is 8.23. The van der Waals surface area contributed by atoms with Crippen molar-refractivity contribution in [2.75, 3.05) is 0 Å². The summed E-state index contributed by atoms with van der Waals surface area (Å²) in [7, 11) is 2.05. The quantitative estimate of drug-likeness (QED) is 0.486. The van der Waals surface area contributed by atoms with Crippen LogP contribution in [0, 0.1) is 0 Å². The van der Waals surface area contributed by atoms with Gasteiger partial charge in [0.2, 0.25) is 0 Å². The number of rotatable bonds is 5. The molecule has 4 N–H and O–H groups in total. The van der Waals surface area contributed by atoms with E-state index >= 15 is 0 Å². The molecule has 1 unspecified atom stereocenters. The van der Waals surface area contributed by atoms with Gasteiger partial charge in [0.05, 0.1) is 11.1 Å². The average molecular weight is 400 g/mol. The molecule has 150 valence electrons. The summed E-state index contributed by atoms with van der Waals surface area (Å²) in [5, 5.41) is 20.5. The second-order valence-corrected chi connectivity index (χ2v) is 8.07. The first-order valence-electron chi connectivity index (χ1n) is 9.57. The summed E-state index contributed by atoms with van der Waals surface area (Å²) in [4.78, 5) is 0. The molecule has 0 fully saturated rings. The van der Waals surface area contributed by atoms with Crippen LogP contribution >= 0.6 is 12.6 Å². The van der Waals surface area contributed by atoms with E-state index in [1.165, 1.54) is 17.3 Å². The van der Waals surface area contributed by atoms with Crippen LogP contribution in [0.1, 0.15) is 56.0 Å². The predicted molar refractivity (Wildman–Crippen MR) is 118 cm³/mol. The van der Waals surface area contributed by atoms with Crippen molar-refractivity contribution in [3.05, 3.63) is 57.9 Å². The van der Waals surface area contributed by atoms with Crippen molar-refractivity contribution in [1.82, 2.24) is 15.4 Å². The molecule has 5 nitrogen and oxygen atoms in total. The fourth-order valence-electron chi connectivity index (χ4n) is 3.78. The van der Waals surface area contributed by atoms with Gasteiger partial charge in [-0.25, -0.2) is 5.43 Å². The van der Waals surface area contributed by atoms with Crippen molar-refractivity contribution in [3.8, 4) is 11.5 Å². The number of hydrazine groups is 1. The molecule has 0 aliphatic carbocycles. The minimum absolute atomic E-state index is 0.0351. The van der Waals surface area contributed by atoms with Gasteiger partial charge in [0.25, 0.3) is 0 Å². The van der Waals surface area contributed by atoms with Gasteiger partial charge in [-0.15, -0.1) is 0 Å². The lowest BCUT2D eigenvalue weighted by atomic mass is 9.94. The van der Waals surface area contributed by atoms with E-state index in [-0.39, 0.29) is 22.8 Å². The fourth-order valence-corrected chi connectivity index (χ4v) is 4.17. The van der Waals surface area contributed by atoms with Gasteiger partial charge < -0.3 is 20.2 Å². The van der Waals surface area contributed by atoms with Gasteiger partial charge in [-0.05, 0) is 54.2 Å². The second kappa shape index (κ2) is 7.97. The number of hydrogen-bond acceptors (Lipinski definition) is 5. The normalized spacial score (nSPS) is 17.5. The Bertz CT molecular complexity index is 957. The Morgan fingerprint density at radius 3 is 2.64 bits per heavy atom. The van der Waals surface area contributed by atoms with Crippen LogP contribution < -0.4 is 10.9 Å². The Morgan fingerprint density at radius 2 is 2.00 bits per heavy atom. The minimum atomic E-state index is -0.212. The lowest BCUT2D eigenvalue weighted by Crippen LogP contribution is -2.28. The number of hydrogen-bond donors (Lipinski definition) is 5. The fraction of sp³-hybridized carbons (Fsp3) is 0.364. The highest BCUT2D eigenvalue weighted by Gasteiger charge is 2.27. The maximum Gasteiger partial charge on any atom is 0.128 e. The van der Waals surface area contributed by atoms with Crippen molar-refractivity contribution in [1.29, 1.82) is 0 Å². The Kier molecular flexibility index (Phi) is 5.82. The number of benzene rings is 1. The molecule has 1 aliphatic rings. The van der Waals surface area contributed by atoms with Gasteiger partial charge in [-0.3, -0.25) is 0 Å². The largest absolute Gasteiger partial charge is 0.508 e. The molecule has 6 heteroatoms. The molecular formula is C22H29N3O2S. The monoisotopic (exact) mass is 399 g/mol. The summed E-state index contributed by atoms with van der Waals surface area (Å²) in [6, 6.07) is 5.37. The molecule has 0 saturated heterocycles. The van der Waals surface area contributed by atoms with E-state index in [0.29, 0.717) is 5.56 Å². The summed E-state index contributed by atoms with van der Waals surface area (Å²) < 4.78 is 2.14. The van der Waals surface area contributed by atoms with Crippen LogP contribution in [-0.4, -0.2) is 20.2 Å². The first-order chi connectivity index (χ1) is 13.2. The van der Waals surface area contributed by atoms with Crippen LogP contribution in [0.2, 0.25) is 0 Å². The van der Waals surface area contributed by atoms with Gasteiger partial charge in [0.15, 0.2) is 0 Å². The second-order valence-electron chi connectivity index (χ2n) is 7.55. The highest BCUT2D eigenvalue weighted by Crippen LogP contribution is 2.39. The zero-order chi connectivity index (χ0) is 20.6. The number of phenolic OH excluding ortho intramolecular Hbond substituents is 2. The van der Waals surface area contributed by atoms with E-state index in [1.54, 1.807) is 0 Å². The summed E-state index contributed by atoms with van der Waals surface area (Å²) >= 11 is 4.67. The van der Waals surface area contributed by atoms with Crippen molar-refractivity contribution in [2.45, 2.75) is 45.4 Å². The number of aromatic hydroxyl groups is 2. The van der Waals surface area contributed by atoms with Crippen LogP contribution in [0.15, 0.2) is 35.5 Å². The molecule has 2 aromatic rings. The first kappa shape index (κ1) is 20.4. The lowest BCUT2D eigenvalue weighted by molar-refractivity contribution is 0.442. The smallest absolute Gasteiger partial charge is 0.128 e. The topological polar surface area (TPSA) is 69.4 Å². The summed E-state index contributed by atoms with van der Waals surface area (Å²) in [5.74, 6) is 0.279. The molecule has 0 saturated carbocycles. The van der Waals surface area contributed by atoms with Crippen LogP contribution in [0.5, 0.6) is 11.5 Å². The highest BCUT2D eigenvalue weighted by molar-refractivity contribution is 7.81. The molecular weight excluding hydrogens is 370 g/mol. The third-order valence-electron chi connectivity index (χ3n) is 5.28. The van der Waals surface area contributed by atoms with E-state index in [2.05, 4.69) is 67.3 Å². The standard InChI is InChI=1S/C22H29N3O2S/c1-6-17-14(7-8-25(17)5)9-13(4)20-21(23-24-22(20)28)16-10-15(12(2)3)18(26)11-19(16)27/h7-12,22-24,26-28H,6H2,1-5H3/b13-9+. The summed E-state index contributed by atoms with van der Waals surface area (Å²) in [6.07, 6.45) is 5.18. The van der Waals surface area contributed by atoms with Crippen molar-refractivity contribution in [3.63, 3.8) is 0 Å². The average Bonchev–Trinajstić information content (AvgIpc) is 3.17. The number of aromatic nitrogens is 1. The van der Waals surface area contributed by atoms with Crippen molar-refractivity contribution < 1.29 is 10.2 Å². The molecule has 2 heterocycles. The Labute approximate surface area is 172 Å². The van der Waals surface area contributed by atoms with E-state index < -0.39 is 0 Å². The van der Waals surface area contributed by atoms with Gasteiger partial charge in [-0.2, -0.15) is 12.6 Å². The number of thiol groups is 1. The molecule has 1 aromatic carbocycles. The molecule has 0 bridgehead atoms. The maximum atomic E-state index is 10.5. The first-order valence-corrected chi connectivity index (χ1v) is 10.1. The summed E-state index contributed by atoms with van der Waals surface area (Å²) in [5.41, 5.74) is 13.0. The van der Waals surface area contributed by atoms with Gasteiger partial charge >= 0.3 is 0 Å². The van der Waals surface area contributed by atoms with E-state index in [1.807, 2.05) is 19.9 Å². The zero-order valence-corrected chi connectivity index (χ0v) is 17.9. The van der Waals surface area contributed by atoms with Crippen molar-refractivity contribution >= 4 is 24.4 Å². The maximum absolute atomic E-state index is 10.5.